The number of nitrogens with one attached hydrogen (secondary N) is 1. The summed E-state index contributed by atoms with van der Waals surface area (Å²) >= 11 is 0. The molecular formula is C26H26BN7O2. The lowest BCUT2D eigenvalue weighted by Gasteiger charge is -2.32. The van der Waals surface area contributed by atoms with Crippen molar-refractivity contribution in [1.29, 1.82) is 0 Å². The molecule has 6 rings (SSSR count). The number of piperidine rings is 1. The van der Waals surface area contributed by atoms with Gasteiger partial charge in [0.1, 0.15) is 25.7 Å². The van der Waals surface area contributed by atoms with Gasteiger partial charge in [0, 0.05) is 37.0 Å². The second-order valence-electron chi connectivity index (χ2n) is 9.41. The van der Waals surface area contributed by atoms with Crippen LogP contribution in [0.15, 0.2) is 65.7 Å². The van der Waals surface area contributed by atoms with Gasteiger partial charge in [0.05, 0.1) is 6.04 Å². The maximum atomic E-state index is 13.3. The highest BCUT2D eigenvalue weighted by Crippen LogP contribution is 2.29. The van der Waals surface area contributed by atoms with E-state index >= 15 is 0 Å². The molecule has 4 aromatic rings. The van der Waals surface area contributed by atoms with Crippen LogP contribution in [0.5, 0.6) is 0 Å². The van der Waals surface area contributed by atoms with E-state index in [1.165, 1.54) is 17.4 Å². The van der Waals surface area contributed by atoms with Crippen LogP contribution in [0.25, 0.3) is 11.4 Å². The summed E-state index contributed by atoms with van der Waals surface area (Å²) < 4.78 is 1.57. The zero-order chi connectivity index (χ0) is 24.6. The van der Waals surface area contributed by atoms with E-state index in [1.54, 1.807) is 15.6 Å². The quantitative estimate of drug-likeness (QED) is 0.444. The number of carbonyl (C=O) groups excluding carboxylic acids is 1. The maximum Gasteiger partial charge on any atom is 0.343 e. The fraction of sp³-hybridized carbons (Fsp3) is 0.269. The molecule has 0 unspecified atom stereocenters. The summed E-state index contributed by atoms with van der Waals surface area (Å²) in [5.74, 6) is 1.21. The summed E-state index contributed by atoms with van der Waals surface area (Å²) in [6.07, 6.45) is 3.83. The third-order valence-electron chi connectivity index (χ3n) is 7.07. The van der Waals surface area contributed by atoms with E-state index in [2.05, 4.69) is 38.9 Å². The first kappa shape index (κ1) is 22.3. The molecule has 2 aliphatic rings. The SMILES string of the molecule is Bc1ccc2c(c1)CCN2C(=O)c1cc(N2CCC(n3nc(-c4ccccc4)[nH]c3=O)CC2)ncn1. The lowest BCUT2D eigenvalue weighted by Crippen LogP contribution is -2.38. The summed E-state index contributed by atoms with van der Waals surface area (Å²) in [6.45, 7) is 2.08. The number of anilines is 2. The Morgan fingerprint density at radius 1 is 1.00 bits per heavy atom. The lowest BCUT2D eigenvalue weighted by atomic mass is 9.93. The van der Waals surface area contributed by atoms with Crippen molar-refractivity contribution in [2.24, 2.45) is 0 Å². The third kappa shape index (κ3) is 4.08. The van der Waals surface area contributed by atoms with E-state index in [0.29, 0.717) is 31.2 Å². The number of H-pyrrole nitrogens is 1. The Morgan fingerprint density at radius 2 is 1.81 bits per heavy atom. The fourth-order valence-electron chi connectivity index (χ4n) is 5.17. The molecule has 1 amide bonds. The van der Waals surface area contributed by atoms with Gasteiger partial charge in [0.2, 0.25) is 0 Å². The molecule has 0 atom stereocenters. The van der Waals surface area contributed by atoms with Crippen molar-refractivity contribution in [3.8, 4) is 11.4 Å². The van der Waals surface area contributed by atoms with Gasteiger partial charge in [-0.2, -0.15) is 0 Å². The van der Waals surface area contributed by atoms with Gasteiger partial charge in [0.15, 0.2) is 5.82 Å². The van der Waals surface area contributed by atoms with Crippen LogP contribution in [-0.4, -0.2) is 58.1 Å². The number of hydrogen-bond donors (Lipinski definition) is 1. The molecule has 2 aromatic carbocycles. The molecule has 0 bridgehead atoms. The minimum atomic E-state index is -0.191. The van der Waals surface area contributed by atoms with Crippen LogP contribution in [0.4, 0.5) is 11.5 Å². The van der Waals surface area contributed by atoms with E-state index in [-0.39, 0.29) is 17.6 Å². The Balaban J connectivity index is 1.15. The number of aromatic amines is 1. The Bertz CT molecular complexity index is 1480. The van der Waals surface area contributed by atoms with Crippen LogP contribution < -0.4 is 21.0 Å². The first-order chi connectivity index (χ1) is 17.6. The normalized spacial score (nSPS) is 15.8. The molecule has 2 aromatic heterocycles. The second kappa shape index (κ2) is 9.11. The average Bonchev–Trinajstić information content (AvgIpc) is 3.52. The predicted molar refractivity (Wildman–Crippen MR) is 141 cm³/mol. The zero-order valence-corrected chi connectivity index (χ0v) is 20.1. The monoisotopic (exact) mass is 479 g/mol. The minimum absolute atomic E-state index is 0.00922. The van der Waals surface area contributed by atoms with Gasteiger partial charge >= 0.3 is 5.69 Å². The van der Waals surface area contributed by atoms with Crippen LogP contribution >= 0.6 is 0 Å². The highest BCUT2D eigenvalue weighted by molar-refractivity contribution is 6.32. The molecule has 0 radical (unpaired) electrons. The minimum Gasteiger partial charge on any atom is -0.356 e. The molecule has 10 heteroatoms. The van der Waals surface area contributed by atoms with Gasteiger partial charge < -0.3 is 9.80 Å². The van der Waals surface area contributed by atoms with Crippen LogP contribution in [0, 0.1) is 0 Å². The van der Waals surface area contributed by atoms with E-state index in [1.807, 2.05) is 42.5 Å². The molecule has 0 spiro atoms. The van der Waals surface area contributed by atoms with Crippen molar-refractivity contribution in [2.45, 2.75) is 25.3 Å². The van der Waals surface area contributed by atoms with Crippen LogP contribution in [0.1, 0.15) is 34.9 Å². The Labute approximate surface area is 209 Å². The van der Waals surface area contributed by atoms with Gasteiger partial charge in [0.25, 0.3) is 5.91 Å². The number of amides is 1. The summed E-state index contributed by atoms with van der Waals surface area (Å²) in [5.41, 5.74) is 4.45. The summed E-state index contributed by atoms with van der Waals surface area (Å²) in [7, 11) is 2.06. The van der Waals surface area contributed by atoms with Crippen molar-refractivity contribution < 1.29 is 4.79 Å². The summed E-state index contributed by atoms with van der Waals surface area (Å²) in [4.78, 5) is 41.4. The van der Waals surface area contributed by atoms with Crippen molar-refractivity contribution in [3.63, 3.8) is 0 Å². The zero-order valence-electron chi connectivity index (χ0n) is 20.1. The Morgan fingerprint density at radius 3 is 2.61 bits per heavy atom. The van der Waals surface area contributed by atoms with Gasteiger partial charge in [-0.3, -0.25) is 9.78 Å². The van der Waals surface area contributed by atoms with E-state index < -0.39 is 0 Å². The first-order valence-electron chi connectivity index (χ1n) is 12.3. The van der Waals surface area contributed by atoms with Crippen LogP contribution in [0.2, 0.25) is 0 Å². The number of aromatic nitrogens is 5. The van der Waals surface area contributed by atoms with Crippen molar-refractivity contribution >= 4 is 30.7 Å². The molecule has 1 fully saturated rings. The standard InChI is InChI=1S/C26H26BN7O2/c27-19-6-7-22-18(14-19)8-13-33(22)25(35)21-15-23(29-16-28-21)32-11-9-20(10-12-32)34-26(36)30-24(31-34)17-4-2-1-3-5-17/h1-7,14-16,20H,8-13,27H2,(H,30,31,36). The molecule has 1 N–H and O–H groups in total. The number of hydrogen-bond acceptors (Lipinski definition) is 6. The molecular weight excluding hydrogens is 453 g/mol. The molecule has 1 saturated heterocycles. The molecule has 180 valence electrons. The first-order valence-corrected chi connectivity index (χ1v) is 12.3. The van der Waals surface area contributed by atoms with Gasteiger partial charge in [-0.15, -0.1) is 5.10 Å². The average molecular weight is 479 g/mol. The van der Waals surface area contributed by atoms with Crippen molar-refractivity contribution in [1.82, 2.24) is 24.7 Å². The molecule has 9 nitrogen and oxygen atoms in total. The predicted octanol–water partition coefficient (Wildman–Crippen LogP) is 1.33. The number of fused-ring (bicyclic) bond motifs is 1. The number of nitrogens with zero attached hydrogens (tertiary/aromatic N) is 6. The molecule has 0 saturated carbocycles. The third-order valence-corrected chi connectivity index (χ3v) is 7.07. The maximum absolute atomic E-state index is 13.3. The van der Waals surface area contributed by atoms with Crippen molar-refractivity contribution in [2.75, 3.05) is 29.4 Å². The molecule has 36 heavy (non-hydrogen) atoms. The van der Waals surface area contributed by atoms with Crippen molar-refractivity contribution in [3.05, 3.63) is 82.7 Å². The second-order valence-corrected chi connectivity index (χ2v) is 9.41. The van der Waals surface area contributed by atoms with Crippen LogP contribution in [0.3, 0.4) is 0 Å². The summed E-state index contributed by atoms with van der Waals surface area (Å²) in [5, 5.41) is 4.56. The largest absolute Gasteiger partial charge is 0.356 e. The molecule has 2 aliphatic heterocycles. The Kier molecular flexibility index (Phi) is 5.63. The van der Waals surface area contributed by atoms with Crippen LogP contribution in [-0.2, 0) is 6.42 Å². The highest BCUT2D eigenvalue weighted by Gasteiger charge is 2.28. The van der Waals surface area contributed by atoms with E-state index in [9.17, 15) is 9.59 Å². The van der Waals surface area contributed by atoms with Gasteiger partial charge in [-0.1, -0.05) is 47.9 Å². The Hall–Kier alpha value is -4.21. The smallest absolute Gasteiger partial charge is 0.343 e. The number of carbonyl (C=O) groups is 1. The number of benzene rings is 2. The molecule has 0 aliphatic carbocycles. The van der Waals surface area contributed by atoms with E-state index in [4.69, 9.17) is 0 Å². The van der Waals surface area contributed by atoms with E-state index in [0.717, 1.165) is 36.3 Å². The highest BCUT2D eigenvalue weighted by atomic mass is 16.2. The number of rotatable bonds is 4. The fourth-order valence-corrected chi connectivity index (χ4v) is 5.17. The van der Waals surface area contributed by atoms with Gasteiger partial charge in [-0.25, -0.2) is 19.4 Å². The topological polar surface area (TPSA) is 100 Å². The lowest BCUT2D eigenvalue weighted by molar-refractivity contribution is 0.0984. The summed E-state index contributed by atoms with van der Waals surface area (Å²) in [6, 6.07) is 17.6. The molecule has 4 heterocycles. The van der Waals surface area contributed by atoms with Gasteiger partial charge in [-0.05, 0) is 30.9 Å².